The van der Waals surface area contributed by atoms with Gasteiger partial charge in [0.05, 0.1) is 6.42 Å². The molecule has 0 aliphatic carbocycles. The van der Waals surface area contributed by atoms with Gasteiger partial charge in [0.25, 0.3) is 0 Å². The molecule has 0 saturated heterocycles. The zero-order valence-corrected chi connectivity index (χ0v) is 15.0. The van der Waals surface area contributed by atoms with Crippen LogP contribution in [-0.2, 0) is 11.2 Å². The van der Waals surface area contributed by atoms with Gasteiger partial charge in [0, 0.05) is 10.0 Å². The minimum atomic E-state index is -0.376. The molecule has 1 heterocycles. The molecule has 2 rings (SSSR count). The van der Waals surface area contributed by atoms with Crippen molar-refractivity contribution < 1.29 is 4.79 Å². The van der Waals surface area contributed by atoms with Gasteiger partial charge in [0.2, 0.25) is 5.91 Å². The first kappa shape index (κ1) is 17.6. The molecule has 0 aliphatic rings. The van der Waals surface area contributed by atoms with Crippen LogP contribution in [0, 0.1) is 0 Å². The zero-order chi connectivity index (χ0) is 16.3. The van der Waals surface area contributed by atoms with Crippen LogP contribution in [0.2, 0.25) is 20.4 Å². The van der Waals surface area contributed by atoms with Crippen molar-refractivity contribution >= 4 is 69.8 Å². The van der Waals surface area contributed by atoms with Crippen molar-refractivity contribution in [2.75, 3.05) is 11.6 Å². The molecule has 0 spiro atoms. The Hall–Kier alpha value is -0.720. The summed E-state index contributed by atoms with van der Waals surface area (Å²) in [6, 6.07) is 5.02. The van der Waals surface area contributed by atoms with Gasteiger partial charge in [-0.05, 0) is 24.0 Å². The van der Waals surface area contributed by atoms with Gasteiger partial charge in [-0.25, -0.2) is 9.97 Å². The Balaban J connectivity index is 2.20. The maximum atomic E-state index is 12.1. The molecule has 0 aliphatic heterocycles. The average Bonchev–Trinajstić information content (AvgIpc) is 2.46. The number of nitrogens with one attached hydrogen (secondary N) is 1. The number of rotatable bonds is 4. The van der Waals surface area contributed by atoms with E-state index in [9.17, 15) is 4.79 Å². The number of halogens is 4. The summed E-state index contributed by atoms with van der Waals surface area (Å²) in [6.45, 7) is 0. The maximum Gasteiger partial charge on any atom is 0.229 e. The van der Waals surface area contributed by atoms with Crippen LogP contribution in [0.15, 0.2) is 23.4 Å². The molecular weight excluding hydrogens is 388 g/mol. The maximum absolute atomic E-state index is 12.1. The van der Waals surface area contributed by atoms with Crippen molar-refractivity contribution in [2.45, 2.75) is 11.6 Å². The molecule has 9 heteroatoms. The third kappa shape index (κ3) is 4.18. The summed E-state index contributed by atoms with van der Waals surface area (Å²) < 4.78 is 0. The van der Waals surface area contributed by atoms with E-state index in [0.29, 0.717) is 20.8 Å². The average molecular weight is 397 g/mol. The molecular formula is C13H9Cl4N3OS. The van der Waals surface area contributed by atoms with E-state index in [-0.39, 0.29) is 28.3 Å². The summed E-state index contributed by atoms with van der Waals surface area (Å²) in [4.78, 5) is 20.2. The third-order valence-corrected chi connectivity index (χ3v) is 4.45. The van der Waals surface area contributed by atoms with Gasteiger partial charge in [-0.3, -0.25) is 4.79 Å². The Morgan fingerprint density at radius 3 is 2.18 bits per heavy atom. The number of anilines is 1. The topological polar surface area (TPSA) is 54.9 Å². The standard InChI is InChI=1S/C13H9Cl4N3OS/c1-22-13-19-11(16)10(12(17)20-13)18-9(21)5-6-7(14)3-2-4-8(6)15/h2-4H,5H2,1H3,(H,18,21). The van der Waals surface area contributed by atoms with Crippen LogP contribution in [0.1, 0.15) is 5.56 Å². The molecule has 1 amide bonds. The van der Waals surface area contributed by atoms with Gasteiger partial charge in [0.15, 0.2) is 15.5 Å². The molecule has 0 fully saturated rings. The molecule has 0 saturated carbocycles. The number of nitrogens with zero attached hydrogens (tertiary/aromatic N) is 2. The van der Waals surface area contributed by atoms with Crippen LogP contribution in [0.5, 0.6) is 0 Å². The lowest BCUT2D eigenvalue weighted by Crippen LogP contribution is -2.16. The van der Waals surface area contributed by atoms with Gasteiger partial charge >= 0.3 is 0 Å². The summed E-state index contributed by atoms with van der Waals surface area (Å²) in [5.41, 5.74) is 0.687. The Bertz CT molecular complexity index is 683. The van der Waals surface area contributed by atoms with Crippen molar-refractivity contribution in [1.82, 2.24) is 9.97 Å². The minimum Gasteiger partial charge on any atom is -0.321 e. The summed E-state index contributed by atoms with van der Waals surface area (Å²) in [5.74, 6) is -0.376. The predicted octanol–water partition coefficient (Wildman–Crippen LogP) is 4.99. The van der Waals surface area contributed by atoms with Crippen LogP contribution in [0.4, 0.5) is 5.69 Å². The summed E-state index contributed by atoms with van der Waals surface area (Å²) in [5, 5.41) is 3.96. The minimum absolute atomic E-state index is 0.0184. The van der Waals surface area contributed by atoms with E-state index in [1.807, 2.05) is 0 Å². The highest BCUT2D eigenvalue weighted by atomic mass is 35.5. The first-order chi connectivity index (χ1) is 10.4. The number of hydrogen-bond donors (Lipinski definition) is 1. The predicted molar refractivity (Wildman–Crippen MR) is 92.6 cm³/mol. The fraction of sp³-hybridized carbons (Fsp3) is 0.154. The van der Waals surface area contributed by atoms with Gasteiger partial charge < -0.3 is 5.32 Å². The normalized spacial score (nSPS) is 10.6. The highest BCUT2D eigenvalue weighted by Crippen LogP contribution is 2.30. The zero-order valence-electron chi connectivity index (χ0n) is 11.2. The number of hydrogen-bond acceptors (Lipinski definition) is 4. The van der Waals surface area contributed by atoms with Crippen molar-refractivity contribution in [3.8, 4) is 0 Å². The number of carbonyl (C=O) groups excluding carboxylic acids is 1. The molecule has 0 radical (unpaired) electrons. The highest BCUT2D eigenvalue weighted by molar-refractivity contribution is 7.98. The largest absolute Gasteiger partial charge is 0.321 e. The van der Waals surface area contributed by atoms with Crippen molar-refractivity contribution in [3.05, 3.63) is 44.1 Å². The second kappa shape index (κ2) is 7.70. The molecule has 0 bridgehead atoms. The molecule has 0 atom stereocenters. The van der Waals surface area contributed by atoms with Crippen molar-refractivity contribution in [1.29, 1.82) is 0 Å². The lowest BCUT2D eigenvalue weighted by Gasteiger charge is -2.10. The second-order valence-corrected chi connectivity index (χ2v) is 6.40. The van der Waals surface area contributed by atoms with Crippen LogP contribution in [-0.4, -0.2) is 22.1 Å². The van der Waals surface area contributed by atoms with Gasteiger partial charge in [-0.2, -0.15) is 0 Å². The van der Waals surface area contributed by atoms with Gasteiger partial charge in [-0.1, -0.05) is 64.2 Å². The molecule has 4 nitrogen and oxygen atoms in total. The number of amides is 1. The fourth-order valence-corrected chi connectivity index (χ4v) is 3.11. The van der Waals surface area contributed by atoms with Crippen LogP contribution < -0.4 is 5.32 Å². The smallest absolute Gasteiger partial charge is 0.229 e. The van der Waals surface area contributed by atoms with E-state index in [4.69, 9.17) is 46.4 Å². The second-order valence-electron chi connectivity index (χ2n) is 4.09. The first-order valence-electron chi connectivity index (χ1n) is 5.92. The van der Waals surface area contributed by atoms with Crippen molar-refractivity contribution in [2.24, 2.45) is 0 Å². The molecule has 1 aromatic heterocycles. The lowest BCUT2D eigenvalue weighted by molar-refractivity contribution is -0.115. The molecule has 22 heavy (non-hydrogen) atoms. The van der Waals surface area contributed by atoms with Gasteiger partial charge in [-0.15, -0.1) is 0 Å². The van der Waals surface area contributed by atoms with Crippen LogP contribution in [0.3, 0.4) is 0 Å². The molecule has 1 N–H and O–H groups in total. The number of aromatic nitrogens is 2. The Morgan fingerprint density at radius 1 is 1.14 bits per heavy atom. The van der Waals surface area contributed by atoms with E-state index < -0.39 is 0 Å². The van der Waals surface area contributed by atoms with Gasteiger partial charge in [0.1, 0.15) is 5.69 Å². The van der Waals surface area contributed by atoms with E-state index in [1.54, 1.807) is 24.5 Å². The monoisotopic (exact) mass is 395 g/mol. The summed E-state index contributed by atoms with van der Waals surface area (Å²) in [6.07, 6.45) is 1.77. The molecule has 1 aromatic carbocycles. The molecule has 116 valence electrons. The number of thioether (sulfide) groups is 1. The SMILES string of the molecule is CSc1nc(Cl)c(NC(=O)Cc2c(Cl)cccc2Cl)c(Cl)n1. The van der Waals surface area contributed by atoms with E-state index in [0.717, 1.165) is 0 Å². The first-order valence-corrected chi connectivity index (χ1v) is 8.65. The lowest BCUT2D eigenvalue weighted by atomic mass is 10.1. The van der Waals surface area contributed by atoms with Crippen molar-refractivity contribution in [3.63, 3.8) is 0 Å². The Kier molecular flexibility index (Phi) is 6.17. The van der Waals surface area contributed by atoms with E-state index >= 15 is 0 Å². The number of carbonyl (C=O) groups is 1. The van der Waals surface area contributed by atoms with E-state index in [1.165, 1.54) is 11.8 Å². The third-order valence-electron chi connectivity index (χ3n) is 2.65. The molecule has 2 aromatic rings. The fourth-order valence-electron chi connectivity index (χ4n) is 1.63. The highest BCUT2D eigenvalue weighted by Gasteiger charge is 2.16. The van der Waals surface area contributed by atoms with E-state index in [2.05, 4.69) is 15.3 Å². The Labute approximate surface area is 151 Å². The summed E-state index contributed by atoms with van der Waals surface area (Å²) in [7, 11) is 0. The molecule has 0 unspecified atom stereocenters. The quantitative estimate of drug-likeness (QED) is 0.449. The van der Waals surface area contributed by atoms with Crippen LogP contribution in [0.25, 0.3) is 0 Å². The Morgan fingerprint density at radius 2 is 1.68 bits per heavy atom. The summed E-state index contributed by atoms with van der Waals surface area (Å²) >= 11 is 25.4. The number of benzene rings is 1. The van der Waals surface area contributed by atoms with Crippen LogP contribution >= 0.6 is 58.2 Å².